The maximum atomic E-state index is 13.8. The van der Waals surface area contributed by atoms with Crippen molar-refractivity contribution in [3.05, 3.63) is 84.2 Å². The average Bonchev–Trinajstić information content (AvgIpc) is 3.06. The normalized spacial score (nSPS) is 19.6. The Balaban J connectivity index is 1.35. The molecule has 2 N–H and O–H groups in total. The van der Waals surface area contributed by atoms with Crippen molar-refractivity contribution < 1.29 is 34.8 Å². The number of benzene rings is 2. The van der Waals surface area contributed by atoms with Crippen LogP contribution in [0.1, 0.15) is 56.9 Å². The second-order valence-electron chi connectivity index (χ2n) is 11.8. The highest BCUT2D eigenvalue weighted by atomic mass is 32.2. The highest BCUT2D eigenvalue weighted by molar-refractivity contribution is 7.95. The Kier molecular flexibility index (Phi) is 11.3. The molecule has 1 saturated carbocycles. The van der Waals surface area contributed by atoms with Gasteiger partial charge in [0.05, 0.1) is 26.9 Å². The van der Waals surface area contributed by atoms with Crippen LogP contribution >= 0.6 is 0 Å². The molecule has 0 aromatic heterocycles. The summed E-state index contributed by atoms with van der Waals surface area (Å²) in [5.41, 5.74) is 0.588. The molecule has 2 aliphatic carbocycles. The van der Waals surface area contributed by atoms with Gasteiger partial charge in [-0.25, -0.2) is 39.5 Å². The van der Waals surface area contributed by atoms with Crippen LogP contribution in [0.2, 0.25) is 0 Å². The minimum Gasteiger partial charge on any atom is -0.302 e. The van der Waals surface area contributed by atoms with Crippen LogP contribution in [0.15, 0.2) is 87.6 Å². The first-order valence-electron chi connectivity index (χ1n) is 15.6. The SMILES string of the molecule is O=C(CN(Cc1ccc(F)cc1)S(=O)(=O)c1ccc(S(=O)(=O)NC2CCCCC2)cc1)N=C1C=CC(=S(=O)(O)N2CCCCC2)C=C1. The molecule has 1 aliphatic heterocycles. The van der Waals surface area contributed by atoms with Crippen LogP contribution < -0.4 is 4.72 Å². The molecule has 47 heavy (non-hydrogen) atoms. The lowest BCUT2D eigenvalue weighted by molar-refractivity contribution is -0.118. The van der Waals surface area contributed by atoms with E-state index >= 15 is 0 Å². The molecule has 1 heterocycles. The van der Waals surface area contributed by atoms with Gasteiger partial charge in [-0.2, -0.15) is 4.31 Å². The summed E-state index contributed by atoms with van der Waals surface area (Å²) in [6, 6.07) is 9.77. The summed E-state index contributed by atoms with van der Waals surface area (Å²) in [4.78, 5) is 17.0. The van der Waals surface area contributed by atoms with Gasteiger partial charge < -0.3 is 4.55 Å². The Morgan fingerprint density at radius 3 is 2.02 bits per heavy atom. The van der Waals surface area contributed by atoms with Gasteiger partial charge in [0.25, 0.3) is 5.91 Å². The quantitative estimate of drug-likeness (QED) is 0.354. The smallest absolute Gasteiger partial charge is 0.261 e. The van der Waals surface area contributed by atoms with Gasteiger partial charge in [0, 0.05) is 25.7 Å². The van der Waals surface area contributed by atoms with Crippen LogP contribution in [0.5, 0.6) is 0 Å². The van der Waals surface area contributed by atoms with E-state index in [-0.39, 0.29) is 33.0 Å². The van der Waals surface area contributed by atoms with Crippen molar-refractivity contribution in [2.45, 2.75) is 73.7 Å². The Hall–Kier alpha value is -3.05. The zero-order valence-corrected chi connectivity index (χ0v) is 28.3. The third kappa shape index (κ3) is 8.90. The van der Waals surface area contributed by atoms with Crippen LogP contribution in [0.4, 0.5) is 4.39 Å². The lowest BCUT2D eigenvalue weighted by Gasteiger charge is -2.28. The Morgan fingerprint density at radius 2 is 1.40 bits per heavy atom. The molecule has 2 fully saturated rings. The van der Waals surface area contributed by atoms with Crippen LogP contribution in [-0.2, 0) is 41.4 Å². The number of rotatable bonds is 10. The molecule has 1 saturated heterocycles. The number of nitrogens with zero attached hydrogens (tertiary/aromatic N) is 3. The highest BCUT2D eigenvalue weighted by Gasteiger charge is 2.29. The van der Waals surface area contributed by atoms with E-state index in [1.807, 2.05) is 0 Å². The van der Waals surface area contributed by atoms with Crippen molar-refractivity contribution in [2.75, 3.05) is 19.6 Å². The van der Waals surface area contributed by atoms with Gasteiger partial charge in [-0.15, -0.1) is 0 Å². The predicted molar refractivity (Wildman–Crippen MR) is 180 cm³/mol. The number of hydrogen-bond acceptors (Lipinski definition) is 6. The van der Waals surface area contributed by atoms with Crippen LogP contribution in [0.3, 0.4) is 0 Å². The minimum atomic E-state index is -4.36. The van der Waals surface area contributed by atoms with Crippen molar-refractivity contribution in [1.82, 2.24) is 13.3 Å². The van der Waals surface area contributed by atoms with E-state index < -0.39 is 48.3 Å². The van der Waals surface area contributed by atoms with E-state index in [0.717, 1.165) is 55.7 Å². The van der Waals surface area contributed by atoms with Gasteiger partial charge in [-0.3, -0.25) is 4.79 Å². The minimum absolute atomic E-state index is 0.0752. The summed E-state index contributed by atoms with van der Waals surface area (Å²) in [6.07, 6.45) is 12.8. The monoisotopic (exact) mass is 706 g/mol. The number of carbonyl (C=O) groups excluding carboxylic acids is 1. The number of halogens is 1. The van der Waals surface area contributed by atoms with Crippen molar-refractivity contribution in [1.29, 1.82) is 0 Å². The molecular formula is C32H39FN4O7S3. The van der Waals surface area contributed by atoms with Gasteiger partial charge in [0.1, 0.15) is 5.82 Å². The maximum Gasteiger partial charge on any atom is 0.261 e. The first-order chi connectivity index (χ1) is 22.3. The lowest BCUT2D eigenvalue weighted by atomic mass is 9.96. The zero-order valence-electron chi connectivity index (χ0n) is 25.8. The van der Waals surface area contributed by atoms with E-state index in [0.29, 0.717) is 18.7 Å². The molecule has 1 unspecified atom stereocenters. The van der Waals surface area contributed by atoms with Gasteiger partial charge >= 0.3 is 0 Å². The number of sulfonamides is 2. The van der Waals surface area contributed by atoms with E-state index in [4.69, 9.17) is 0 Å². The maximum absolute atomic E-state index is 13.8. The molecule has 3 aliphatic rings. The molecule has 11 nitrogen and oxygen atoms in total. The zero-order chi connectivity index (χ0) is 33.7. The molecule has 2 aromatic carbocycles. The average molecular weight is 707 g/mol. The molecule has 0 spiro atoms. The van der Waals surface area contributed by atoms with E-state index in [1.54, 1.807) is 4.31 Å². The standard InChI is InChI=1S/C32H39FN4O7S3/c33-26-11-9-25(10-12-26)23-37(24-32(38)34-27-13-15-30(16-14-27)46(41,42)36-21-5-2-6-22-36)47(43,44)31-19-17-29(18-20-31)45(39,40)35-28-7-3-1-4-8-28/h9-20,28,35H,1-8,21-24H2,(H,41,42). The van der Waals surface area contributed by atoms with Crippen molar-refractivity contribution in [3.63, 3.8) is 0 Å². The third-order valence-electron chi connectivity index (χ3n) is 8.35. The Labute approximate surface area is 276 Å². The van der Waals surface area contributed by atoms with Crippen LogP contribution in [-0.4, -0.2) is 76.4 Å². The van der Waals surface area contributed by atoms with Crippen molar-refractivity contribution >= 4 is 46.5 Å². The van der Waals surface area contributed by atoms with E-state index in [9.17, 15) is 34.8 Å². The molecule has 1 amide bonds. The molecule has 0 radical (unpaired) electrons. The van der Waals surface area contributed by atoms with E-state index in [2.05, 4.69) is 9.71 Å². The van der Waals surface area contributed by atoms with Gasteiger partial charge in [-0.1, -0.05) is 37.8 Å². The number of nitrogens with one attached hydrogen (secondary N) is 1. The lowest BCUT2D eigenvalue weighted by Crippen LogP contribution is -2.38. The summed E-state index contributed by atoms with van der Waals surface area (Å²) in [5.74, 6) is -1.32. The van der Waals surface area contributed by atoms with E-state index in [1.165, 1.54) is 72.8 Å². The largest absolute Gasteiger partial charge is 0.302 e. The third-order valence-corrected chi connectivity index (χ3v) is 13.6. The molecule has 2 aromatic rings. The summed E-state index contributed by atoms with van der Waals surface area (Å²) in [7, 11) is -11.7. The second-order valence-corrected chi connectivity index (χ2v) is 17.4. The number of allylic oxidation sites excluding steroid dienone is 4. The highest BCUT2D eigenvalue weighted by Crippen LogP contribution is 2.23. The molecule has 254 valence electrons. The fourth-order valence-electron chi connectivity index (χ4n) is 5.76. The topological polar surface area (TPSA) is 154 Å². The molecular weight excluding hydrogens is 668 g/mol. The fourth-order valence-corrected chi connectivity index (χ4v) is 9.98. The van der Waals surface area contributed by atoms with Gasteiger partial charge in [-0.05, 0) is 91.9 Å². The number of piperidine rings is 1. The summed E-state index contributed by atoms with van der Waals surface area (Å²) >= 11 is 0. The van der Waals surface area contributed by atoms with Crippen molar-refractivity contribution in [2.24, 2.45) is 4.99 Å². The van der Waals surface area contributed by atoms with Crippen LogP contribution in [0.25, 0.3) is 0 Å². The fraction of sp³-hybridized carbons (Fsp3) is 0.406. The molecule has 1 atom stereocenters. The number of aliphatic imine (C=N–C) groups is 1. The van der Waals surface area contributed by atoms with Gasteiger partial charge in [0.2, 0.25) is 20.0 Å². The summed E-state index contributed by atoms with van der Waals surface area (Å²) in [5, 5.41) is 0. The van der Waals surface area contributed by atoms with Gasteiger partial charge in [0.15, 0.2) is 9.99 Å². The second kappa shape index (κ2) is 15.0. The molecule has 0 bridgehead atoms. The Bertz CT molecular complexity index is 1870. The first-order valence-corrected chi connectivity index (χ1v) is 20.0. The first kappa shape index (κ1) is 35.3. The number of hydrogen-bond donors (Lipinski definition) is 2. The van der Waals surface area contributed by atoms with Crippen molar-refractivity contribution in [3.8, 4) is 0 Å². The summed E-state index contributed by atoms with van der Waals surface area (Å²) in [6.45, 7) is 0.0617. The molecule has 15 heteroatoms. The van der Waals surface area contributed by atoms with Crippen LogP contribution in [0, 0.1) is 5.82 Å². The Morgan fingerprint density at radius 1 is 0.830 bits per heavy atom. The summed E-state index contributed by atoms with van der Waals surface area (Å²) < 4.78 is 96.0. The molecule has 5 rings (SSSR count). The number of amides is 1. The predicted octanol–water partition coefficient (Wildman–Crippen LogP) is 4.05. The number of carbonyl (C=O) groups is 1.